The van der Waals surface area contributed by atoms with Gasteiger partial charge in [0.2, 0.25) is 0 Å². The largest absolute Gasteiger partial charge is 0.353 e. The van der Waals surface area contributed by atoms with E-state index < -0.39 is 0 Å². The molecule has 1 heterocycles. The molecule has 0 amide bonds. The van der Waals surface area contributed by atoms with Crippen LogP contribution in [0, 0.1) is 0 Å². The van der Waals surface area contributed by atoms with Gasteiger partial charge in [-0.3, -0.25) is 0 Å². The molecule has 66 valence electrons. The van der Waals surface area contributed by atoms with Crippen LogP contribution in [0.4, 0.5) is 0 Å². The van der Waals surface area contributed by atoms with Crippen molar-refractivity contribution < 1.29 is 9.47 Å². The first-order valence-electron chi connectivity index (χ1n) is 4.66. The van der Waals surface area contributed by atoms with Gasteiger partial charge in [-0.1, -0.05) is 19.8 Å². The van der Waals surface area contributed by atoms with Crippen LogP contribution < -0.4 is 0 Å². The van der Waals surface area contributed by atoms with Gasteiger partial charge >= 0.3 is 0 Å². The van der Waals surface area contributed by atoms with Gasteiger partial charge in [0.25, 0.3) is 0 Å². The average molecular weight is 158 g/mol. The summed E-state index contributed by atoms with van der Waals surface area (Å²) in [5.41, 5.74) is 0. The number of hydrogen-bond acceptors (Lipinski definition) is 2. The van der Waals surface area contributed by atoms with Gasteiger partial charge in [-0.15, -0.1) is 0 Å². The Balaban J connectivity index is 1.96. The molecule has 0 N–H and O–H groups in total. The molecule has 0 aliphatic carbocycles. The van der Waals surface area contributed by atoms with Crippen molar-refractivity contribution in [2.45, 2.75) is 45.3 Å². The lowest BCUT2D eigenvalue weighted by Gasteiger charge is -2.22. The Labute approximate surface area is 68.9 Å². The summed E-state index contributed by atoms with van der Waals surface area (Å²) in [6, 6.07) is 0. The monoisotopic (exact) mass is 158 g/mol. The zero-order chi connectivity index (χ0) is 7.94. The first-order valence-corrected chi connectivity index (χ1v) is 4.66. The van der Waals surface area contributed by atoms with E-state index in [0.29, 0.717) is 0 Å². The average Bonchev–Trinajstić information content (AvgIpc) is 2.07. The van der Waals surface area contributed by atoms with Gasteiger partial charge in [-0.2, -0.15) is 0 Å². The molecule has 2 nitrogen and oxygen atoms in total. The molecular formula is C9H18O2. The lowest BCUT2D eigenvalue weighted by atomic mass is 10.2. The molecule has 1 aliphatic rings. The second kappa shape index (κ2) is 5.56. The second-order valence-corrected chi connectivity index (χ2v) is 3.02. The summed E-state index contributed by atoms with van der Waals surface area (Å²) < 4.78 is 10.8. The highest BCUT2D eigenvalue weighted by atomic mass is 16.7. The predicted octanol–water partition coefficient (Wildman–Crippen LogP) is 2.33. The fourth-order valence-electron chi connectivity index (χ4n) is 1.26. The van der Waals surface area contributed by atoms with Crippen LogP contribution in [0.15, 0.2) is 0 Å². The van der Waals surface area contributed by atoms with Crippen LogP contribution >= 0.6 is 0 Å². The van der Waals surface area contributed by atoms with Crippen LogP contribution in [0.1, 0.15) is 39.0 Å². The fourth-order valence-corrected chi connectivity index (χ4v) is 1.26. The Hall–Kier alpha value is -0.0800. The minimum atomic E-state index is 0.107. The minimum absolute atomic E-state index is 0.107. The Kier molecular flexibility index (Phi) is 4.55. The number of unbranched alkanes of at least 4 members (excludes halogenated alkanes) is 2. The molecule has 1 saturated heterocycles. The van der Waals surface area contributed by atoms with E-state index in [1.807, 2.05) is 0 Å². The van der Waals surface area contributed by atoms with Gasteiger partial charge in [0.1, 0.15) is 0 Å². The van der Waals surface area contributed by atoms with E-state index in [-0.39, 0.29) is 6.29 Å². The van der Waals surface area contributed by atoms with Gasteiger partial charge in [0.05, 0.1) is 13.2 Å². The van der Waals surface area contributed by atoms with Gasteiger partial charge < -0.3 is 9.47 Å². The van der Waals surface area contributed by atoms with E-state index >= 15 is 0 Å². The molecule has 1 rings (SSSR count). The van der Waals surface area contributed by atoms with Crippen molar-refractivity contribution in [1.29, 1.82) is 0 Å². The molecule has 0 aromatic carbocycles. The van der Waals surface area contributed by atoms with Crippen molar-refractivity contribution in [3.8, 4) is 0 Å². The summed E-state index contributed by atoms with van der Waals surface area (Å²) in [6.07, 6.45) is 6.05. The van der Waals surface area contributed by atoms with E-state index in [4.69, 9.17) is 9.47 Å². The fraction of sp³-hybridized carbons (Fsp3) is 1.00. The van der Waals surface area contributed by atoms with Crippen molar-refractivity contribution in [2.24, 2.45) is 0 Å². The molecule has 0 aromatic rings. The lowest BCUT2D eigenvalue weighted by Crippen LogP contribution is -2.24. The maximum Gasteiger partial charge on any atom is 0.157 e. The highest BCUT2D eigenvalue weighted by Crippen LogP contribution is 2.12. The third-order valence-corrected chi connectivity index (χ3v) is 1.94. The first kappa shape index (κ1) is 9.01. The Morgan fingerprint density at radius 3 is 2.55 bits per heavy atom. The molecule has 0 bridgehead atoms. The van der Waals surface area contributed by atoms with Crippen LogP contribution in [0.2, 0.25) is 0 Å². The van der Waals surface area contributed by atoms with Crippen LogP contribution in [-0.4, -0.2) is 19.5 Å². The zero-order valence-corrected chi connectivity index (χ0v) is 7.34. The van der Waals surface area contributed by atoms with Gasteiger partial charge in [-0.05, 0) is 19.3 Å². The molecule has 0 saturated carbocycles. The van der Waals surface area contributed by atoms with Crippen LogP contribution in [0.3, 0.4) is 0 Å². The third kappa shape index (κ3) is 3.73. The standard InChI is InChI=1S/C9H18O2/c1-2-3-4-6-9-10-7-5-8-11-9/h9H,2-8H2,1H3. The van der Waals surface area contributed by atoms with E-state index in [1.54, 1.807) is 0 Å². The second-order valence-electron chi connectivity index (χ2n) is 3.02. The summed E-state index contributed by atoms with van der Waals surface area (Å²) in [5, 5.41) is 0. The van der Waals surface area contributed by atoms with Crippen molar-refractivity contribution in [3.05, 3.63) is 0 Å². The number of hydrogen-bond donors (Lipinski definition) is 0. The molecule has 0 aromatic heterocycles. The number of ether oxygens (including phenoxy) is 2. The van der Waals surface area contributed by atoms with Crippen molar-refractivity contribution >= 4 is 0 Å². The summed E-state index contributed by atoms with van der Waals surface area (Å²) in [5.74, 6) is 0. The van der Waals surface area contributed by atoms with E-state index in [1.165, 1.54) is 19.3 Å². The third-order valence-electron chi connectivity index (χ3n) is 1.94. The van der Waals surface area contributed by atoms with Gasteiger partial charge in [0, 0.05) is 0 Å². The Morgan fingerprint density at radius 2 is 1.91 bits per heavy atom. The van der Waals surface area contributed by atoms with Crippen molar-refractivity contribution in [3.63, 3.8) is 0 Å². The SMILES string of the molecule is CCCCCC1OCCCO1. The van der Waals surface area contributed by atoms with Crippen LogP contribution in [0.25, 0.3) is 0 Å². The van der Waals surface area contributed by atoms with E-state index in [2.05, 4.69) is 6.92 Å². The molecule has 0 unspecified atom stereocenters. The highest BCUT2D eigenvalue weighted by molar-refractivity contribution is 4.51. The molecular weight excluding hydrogens is 140 g/mol. The smallest absolute Gasteiger partial charge is 0.157 e. The topological polar surface area (TPSA) is 18.5 Å². The van der Waals surface area contributed by atoms with Crippen LogP contribution in [-0.2, 0) is 9.47 Å². The summed E-state index contributed by atoms with van der Waals surface area (Å²) in [7, 11) is 0. The quantitative estimate of drug-likeness (QED) is 0.585. The lowest BCUT2D eigenvalue weighted by molar-refractivity contribution is -0.181. The summed E-state index contributed by atoms with van der Waals surface area (Å²) in [6.45, 7) is 3.98. The highest BCUT2D eigenvalue weighted by Gasteiger charge is 2.12. The predicted molar refractivity (Wildman–Crippen MR) is 44.5 cm³/mol. The minimum Gasteiger partial charge on any atom is -0.353 e. The molecule has 1 aliphatic heterocycles. The Morgan fingerprint density at radius 1 is 1.18 bits per heavy atom. The van der Waals surface area contributed by atoms with Crippen molar-refractivity contribution in [2.75, 3.05) is 13.2 Å². The summed E-state index contributed by atoms with van der Waals surface area (Å²) in [4.78, 5) is 0. The molecule has 2 heteroatoms. The first-order chi connectivity index (χ1) is 5.43. The molecule has 0 spiro atoms. The molecule has 1 fully saturated rings. The van der Waals surface area contributed by atoms with Gasteiger partial charge in [0.15, 0.2) is 6.29 Å². The number of rotatable bonds is 4. The Bertz CT molecular complexity index is 87.6. The normalized spacial score (nSPS) is 20.5. The van der Waals surface area contributed by atoms with E-state index in [0.717, 1.165) is 26.1 Å². The van der Waals surface area contributed by atoms with E-state index in [9.17, 15) is 0 Å². The summed E-state index contributed by atoms with van der Waals surface area (Å²) >= 11 is 0. The van der Waals surface area contributed by atoms with Crippen LogP contribution in [0.5, 0.6) is 0 Å². The maximum atomic E-state index is 5.40. The zero-order valence-electron chi connectivity index (χ0n) is 7.34. The van der Waals surface area contributed by atoms with Gasteiger partial charge in [-0.25, -0.2) is 0 Å². The maximum absolute atomic E-state index is 5.40. The molecule has 11 heavy (non-hydrogen) atoms. The van der Waals surface area contributed by atoms with Crippen molar-refractivity contribution in [1.82, 2.24) is 0 Å². The molecule has 0 atom stereocenters. The molecule has 0 radical (unpaired) electrons.